The van der Waals surface area contributed by atoms with E-state index in [9.17, 15) is 18.0 Å². The van der Waals surface area contributed by atoms with Crippen molar-refractivity contribution in [1.29, 1.82) is 0 Å². The third kappa shape index (κ3) is 6.21. The van der Waals surface area contributed by atoms with Crippen LogP contribution in [0.5, 0.6) is 0 Å². The van der Waals surface area contributed by atoms with Crippen molar-refractivity contribution >= 4 is 40.9 Å². The molecule has 1 amide bonds. The number of nitrogens with one attached hydrogen (secondary N) is 1. The van der Waals surface area contributed by atoms with Gasteiger partial charge in [0.05, 0.1) is 27.8 Å². The van der Waals surface area contributed by atoms with Crippen LogP contribution in [0.1, 0.15) is 32.9 Å². The molecule has 4 rings (SSSR count). The van der Waals surface area contributed by atoms with Crippen molar-refractivity contribution in [3.8, 4) is 5.69 Å². The van der Waals surface area contributed by atoms with Crippen molar-refractivity contribution in [2.45, 2.75) is 30.6 Å². The van der Waals surface area contributed by atoms with Gasteiger partial charge in [-0.05, 0) is 48.9 Å². The lowest BCUT2D eigenvalue weighted by Gasteiger charge is -2.12. The molecule has 3 aromatic carbocycles. The fourth-order valence-electron chi connectivity index (χ4n) is 3.42. The maximum atomic E-state index is 13.1. The first-order valence-electron chi connectivity index (χ1n) is 10.7. The van der Waals surface area contributed by atoms with E-state index in [4.69, 9.17) is 23.2 Å². The lowest BCUT2D eigenvalue weighted by Crippen LogP contribution is -2.24. The monoisotopic (exact) mass is 550 g/mol. The van der Waals surface area contributed by atoms with Crippen LogP contribution < -0.4 is 5.32 Å². The molecular weight excluding hydrogens is 532 g/mol. The molecule has 0 aliphatic heterocycles. The van der Waals surface area contributed by atoms with Gasteiger partial charge in [-0.3, -0.25) is 9.36 Å². The molecule has 1 aromatic heterocycles. The highest BCUT2D eigenvalue weighted by Crippen LogP contribution is 2.32. The second-order valence-corrected chi connectivity index (χ2v) is 9.63. The van der Waals surface area contributed by atoms with E-state index in [1.807, 2.05) is 13.0 Å². The van der Waals surface area contributed by atoms with Gasteiger partial charge < -0.3 is 5.32 Å². The zero-order chi connectivity index (χ0) is 25.9. The first-order valence-corrected chi connectivity index (χ1v) is 12.4. The van der Waals surface area contributed by atoms with Crippen LogP contribution in [0.15, 0.2) is 71.9 Å². The van der Waals surface area contributed by atoms with Gasteiger partial charge in [-0.15, -0.1) is 10.2 Å². The first-order chi connectivity index (χ1) is 17.1. The van der Waals surface area contributed by atoms with E-state index >= 15 is 0 Å². The number of aryl methyl sites for hydroxylation is 1. The number of aromatic nitrogens is 3. The molecule has 4 aromatic rings. The Morgan fingerprint density at radius 2 is 1.78 bits per heavy atom. The number of amides is 1. The van der Waals surface area contributed by atoms with Gasteiger partial charge in [-0.1, -0.05) is 70.9 Å². The Bertz CT molecular complexity index is 1410. The third-order valence-corrected chi connectivity index (χ3v) is 6.91. The molecule has 0 fully saturated rings. The molecule has 0 saturated heterocycles. The molecular formula is C25H19Cl2F3N4OS. The Labute approximate surface area is 219 Å². The second kappa shape index (κ2) is 10.9. The molecule has 186 valence electrons. The first kappa shape index (κ1) is 26.1. The maximum absolute atomic E-state index is 13.1. The zero-order valence-corrected chi connectivity index (χ0v) is 21.1. The zero-order valence-electron chi connectivity index (χ0n) is 18.8. The van der Waals surface area contributed by atoms with Gasteiger partial charge >= 0.3 is 6.18 Å². The van der Waals surface area contributed by atoms with Gasteiger partial charge in [0, 0.05) is 11.3 Å². The van der Waals surface area contributed by atoms with Crippen LogP contribution >= 0.6 is 35.0 Å². The highest BCUT2D eigenvalue weighted by molar-refractivity contribution is 7.98. The van der Waals surface area contributed by atoms with Crippen LogP contribution in [0.2, 0.25) is 10.0 Å². The number of hydrogen-bond acceptors (Lipinski definition) is 4. The van der Waals surface area contributed by atoms with E-state index in [-0.39, 0.29) is 18.2 Å². The van der Waals surface area contributed by atoms with Crippen LogP contribution in [0.3, 0.4) is 0 Å². The van der Waals surface area contributed by atoms with Crippen molar-refractivity contribution in [3.05, 3.63) is 105 Å². The summed E-state index contributed by atoms with van der Waals surface area (Å²) < 4.78 is 41.0. The van der Waals surface area contributed by atoms with E-state index in [0.717, 1.165) is 17.7 Å². The van der Waals surface area contributed by atoms with Crippen molar-refractivity contribution in [3.63, 3.8) is 0 Å². The minimum atomic E-state index is -4.43. The standard InChI is InChI=1S/C25H19Cl2F3N4OS/c1-15-4-2-6-17(10-15)23(35)31-13-22-32-33-24(34(22)19-8-9-20(26)21(27)12-19)36-14-16-5-3-7-18(11-16)25(28,29)30/h2-12H,13-14H2,1H3,(H,31,35). The fraction of sp³-hybridized carbons (Fsp3) is 0.160. The Morgan fingerprint density at radius 1 is 1.00 bits per heavy atom. The summed E-state index contributed by atoms with van der Waals surface area (Å²) in [6, 6.07) is 17.3. The number of alkyl halides is 3. The van der Waals surface area contributed by atoms with Crippen LogP contribution in [0, 0.1) is 6.92 Å². The van der Waals surface area contributed by atoms with E-state index in [1.165, 1.54) is 17.8 Å². The van der Waals surface area contributed by atoms with E-state index in [1.54, 1.807) is 47.0 Å². The highest BCUT2D eigenvalue weighted by Gasteiger charge is 2.30. The van der Waals surface area contributed by atoms with Crippen LogP contribution in [0.25, 0.3) is 5.69 Å². The van der Waals surface area contributed by atoms with Crippen molar-refractivity contribution in [2.24, 2.45) is 0 Å². The molecule has 0 aliphatic rings. The smallest absolute Gasteiger partial charge is 0.345 e. The van der Waals surface area contributed by atoms with Gasteiger partial charge in [0.15, 0.2) is 11.0 Å². The summed E-state index contributed by atoms with van der Waals surface area (Å²) in [5, 5.41) is 12.4. The summed E-state index contributed by atoms with van der Waals surface area (Å²) >= 11 is 13.5. The average Bonchev–Trinajstić information content (AvgIpc) is 3.25. The van der Waals surface area contributed by atoms with Crippen LogP contribution in [-0.4, -0.2) is 20.7 Å². The lowest BCUT2D eigenvalue weighted by atomic mass is 10.1. The molecule has 0 spiro atoms. The molecule has 1 heterocycles. The van der Waals surface area contributed by atoms with Crippen molar-refractivity contribution in [2.75, 3.05) is 0 Å². The fourth-order valence-corrected chi connectivity index (χ4v) is 4.63. The number of thioether (sulfide) groups is 1. The van der Waals surface area contributed by atoms with Gasteiger partial charge in [0.25, 0.3) is 5.91 Å². The van der Waals surface area contributed by atoms with Gasteiger partial charge in [-0.2, -0.15) is 13.2 Å². The number of hydrogen-bond donors (Lipinski definition) is 1. The molecule has 0 aliphatic carbocycles. The molecule has 5 nitrogen and oxygen atoms in total. The highest BCUT2D eigenvalue weighted by atomic mass is 35.5. The van der Waals surface area contributed by atoms with E-state index in [0.29, 0.717) is 37.8 Å². The van der Waals surface area contributed by atoms with Crippen molar-refractivity contribution in [1.82, 2.24) is 20.1 Å². The number of rotatable bonds is 7. The van der Waals surface area contributed by atoms with Gasteiger partial charge in [0.1, 0.15) is 0 Å². The Hall–Kier alpha value is -3.01. The molecule has 0 atom stereocenters. The van der Waals surface area contributed by atoms with Crippen molar-refractivity contribution < 1.29 is 18.0 Å². The molecule has 36 heavy (non-hydrogen) atoms. The molecule has 0 bridgehead atoms. The predicted octanol–water partition coefficient (Wildman–Crippen LogP) is 7.12. The Morgan fingerprint density at radius 3 is 2.50 bits per heavy atom. The molecule has 11 heteroatoms. The quantitative estimate of drug-likeness (QED) is 0.249. The SMILES string of the molecule is Cc1cccc(C(=O)NCc2nnc(SCc3cccc(C(F)(F)F)c3)n2-c2ccc(Cl)c(Cl)c2)c1. The van der Waals surface area contributed by atoms with Crippen LogP contribution in [0.4, 0.5) is 13.2 Å². The number of benzene rings is 3. The van der Waals surface area contributed by atoms with E-state index in [2.05, 4.69) is 15.5 Å². The summed E-state index contributed by atoms with van der Waals surface area (Å²) in [4.78, 5) is 12.6. The molecule has 0 radical (unpaired) electrons. The third-order valence-electron chi connectivity index (χ3n) is 5.17. The van der Waals surface area contributed by atoms with Gasteiger partial charge in [0.2, 0.25) is 0 Å². The Kier molecular flexibility index (Phi) is 7.92. The molecule has 0 unspecified atom stereocenters. The minimum absolute atomic E-state index is 0.0597. The largest absolute Gasteiger partial charge is 0.416 e. The number of carbonyl (C=O) groups is 1. The summed E-state index contributed by atoms with van der Waals surface area (Å²) in [5.74, 6) is 0.362. The molecule has 0 saturated carbocycles. The van der Waals surface area contributed by atoms with E-state index < -0.39 is 11.7 Å². The summed E-state index contributed by atoms with van der Waals surface area (Å²) in [5.41, 5.74) is 1.82. The number of nitrogens with zero attached hydrogens (tertiary/aromatic N) is 3. The Balaban J connectivity index is 1.60. The topological polar surface area (TPSA) is 59.8 Å². The number of carbonyl (C=O) groups excluding carboxylic acids is 1. The average molecular weight is 551 g/mol. The molecule has 1 N–H and O–H groups in total. The summed E-state index contributed by atoms with van der Waals surface area (Å²) in [7, 11) is 0. The minimum Gasteiger partial charge on any atom is -0.345 e. The predicted molar refractivity (Wildman–Crippen MR) is 135 cm³/mol. The summed E-state index contributed by atoms with van der Waals surface area (Å²) in [6.45, 7) is 1.95. The van der Waals surface area contributed by atoms with Crippen LogP contribution in [-0.2, 0) is 18.5 Å². The van der Waals surface area contributed by atoms with Gasteiger partial charge in [-0.25, -0.2) is 0 Å². The summed E-state index contributed by atoms with van der Waals surface area (Å²) in [6.07, 6.45) is -4.43. The normalized spacial score (nSPS) is 11.5. The maximum Gasteiger partial charge on any atom is 0.416 e. The second-order valence-electron chi connectivity index (χ2n) is 7.87. The number of halogens is 5. The lowest BCUT2D eigenvalue weighted by molar-refractivity contribution is -0.137.